The van der Waals surface area contributed by atoms with E-state index in [1.165, 1.54) is 22.3 Å². The van der Waals surface area contributed by atoms with Crippen molar-refractivity contribution in [3.05, 3.63) is 342 Å². The summed E-state index contributed by atoms with van der Waals surface area (Å²) in [5.74, 6) is -0.840. The number of hydrogen-bond acceptors (Lipinski definition) is 5. The van der Waals surface area contributed by atoms with Crippen molar-refractivity contribution in [2.45, 2.75) is 209 Å². The van der Waals surface area contributed by atoms with Crippen molar-refractivity contribution in [1.82, 2.24) is 19.5 Å². The number of benzene rings is 14. The van der Waals surface area contributed by atoms with Crippen LogP contribution in [-0.2, 0) is 43.3 Å². The van der Waals surface area contributed by atoms with E-state index in [0.717, 1.165) is 150 Å². The number of aromatic nitrogens is 4. The van der Waals surface area contributed by atoms with Crippen molar-refractivity contribution in [2.75, 3.05) is 9.80 Å². The molecule has 0 amide bonds. The lowest BCUT2D eigenvalue weighted by atomic mass is 9.33. The van der Waals surface area contributed by atoms with Gasteiger partial charge >= 0.3 is 0 Å². The summed E-state index contributed by atoms with van der Waals surface area (Å²) in [5.41, 5.74) is 26.8. The molecule has 0 radical (unpaired) electrons. The zero-order valence-corrected chi connectivity index (χ0v) is 77.8. The summed E-state index contributed by atoms with van der Waals surface area (Å²) in [6, 6.07) is 82.4. The SMILES string of the molecule is [2H]c1c([2H])c([2H])c(-c2nc(-c3cc(C(C)(C)C)cc(-c4ccccc4)c3N3c4cc(-n5c6ccc(C(C)(C)C)cc6c6cc(C(C)(C)C)ccc65)ccc4B4c5ccc(-c6cc(C(C)(C)C)cc(C(C)(C)C)c6)cc5N(c5c(-c6ccccc6)cc(C(C)(C)C)cc5-c5ccccc5)c5cc(-c6cc(C(C)(C)C)cc(C(C)(C)C)c6)cc3c54)nc(-c3c([2H])c([2H])c([2H])c([2H])c3[2H])n2)c([2H])c1[2H]. The van der Waals surface area contributed by atoms with Crippen LogP contribution in [0.15, 0.2) is 297 Å². The molecule has 0 aliphatic carbocycles. The average molecular weight is 1660 g/mol. The van der Waals surface area contributed by atoms with E-state index in [2.05, 4.69) is 399 Å². The summed E-state index contributed by atoms with van der Waals surface area (Å²) < 4.78 is 96.7. The monoisotopic (exact) mass is 1660 g/mol. The van der Waals surface area contributed by atoms with Gasteiger partial charge < -0.3 is 14.4 Å². The van der Waals surface area contributed by atoms with Crippen LogP contribution in [0.5, 0.6) is 0 Å². The van der Waals surface area contributed by atoms with Gasteiger partial charge in [0.2, 0.25) is 0 Å². The van der Waals surface area contributed by atoms with Crippen molar-refractivity contribution in [3.63, 3.8) is 0 Å². The second kappa shape index (κ2) is 30.7. The Hall–Kier alpha value is -12.4. The standard InChI is InChI=1S/C119H121BN6/c1-112(2,3)83-51-56-100-95(67-83)96-68-84(113(4,5)6)52-57-101(96)124(100)91-53-55-99-103(73-91)126(108-94(76-44-34-27-35-45-76)71-90(119(22,23)24)72-97(108)111-122-109(77-46-36-28-37-47-77)121-110(123-111)78-48-38-29-39-49-78)105-64-82(81-60-87(116(13,14)15)66-88(61-81)117(16,17)18)63-104-106(105)120(99)98-54-50-79(80-58-85(114(7,8)9)65-86(59-80)115(10,11)12)62-102(98)125(104)107-92(74-40-30-25-31-41-74)69-89(118(19,20)21)70-93(107)75-42-32-26-33-43-75/h25-73H,1-24H3/i28D,29D,36D,37D,38D,39D,46D,47D,48D,49D. The van der Waals surface area contributed by atoms with E-state index in [-0.39, 0.29) is 66.5 Å². The van der Waals surface area contributed by atoms with Gasteiger partial charge in [0.05, 0.1) is 36.1 Å². The van der Waals surface area contributed by atoms with E-state index in [9.17, 15) is 11.0 Å². The maximum atomic E-state index is 9.80. The normalized spacial score (nSPS) is 14.5. The van der Waals surface area contributed by atoms with E-state index in [0.29, 0.717) is 11.3 Å². The molecular weight excluding hydrogens is 1520 g/mol. The van der Waals surface area contributed by atoms with Gasteiger partial charge in [0.15, 0.2) is 17.5 Å². The highest BCUT2D eigenvalue weighted by molar-refractivity contribution is 7.00. The number of hydrogen-bond donors (Lipinski definition) is 0. The Morgan fingerprint density at radius 1 is 0.246 bits per heavy atom. The van der Waals surface area contributed by atoms with Gasteiger partial charge in [0.1, 0.15) is 0 Å². The van der Waals surface area contributed by atoms with E-state index in [1.807, 2.05) is 18.2 Å². The first-order valence-electron chi connectivity index (χ1n) is 49.6. The van der Waals surface area contributed by atoms with Crippen molar-refractivity contribution < 1.29 is 13.7 Å². The summed E-state index contributed by atoms with van der Waals surface area (Å²) in [6.45, 7) is 54.0. The lowest BCUT2D eigenvalue weighted by molar-refractivity contribution is 0.568. The van der Waals surface area contributed by atoms with Crippen molar-refractivity contribution in [3.8, 4) is 95.5 Å². The van der Waals surface area contributed by atoms with Crippen LogP contribution >= 0.6 is 0 Å². The molecule has 0 saturated carbocycles. The summed E-state index contributed by atoms with van der Waals surface area (Å²) >= 11 is 0. The lowest BCUT2D eigenvalue weighted by Crippen LogP contribution is -2.61. The minimum Gasteiger partial charge on any atom is -0.310 e. The molecule has 2 aromatic heterocycles. The highest BCUT2D eigenvalue weighted by atomic mass is 15.2. The summed E-state index contributed by atoms with van der Waals surface area (Å²) in [7, 11) is 0. The van der Waals surface area contributed by atoms with Crippen molar-refractivity contribution in [2.24, 2.45) is 0 Å². The molecule has 0 N–H and O–H groups in total. The topological polar surface area (TPSA) is 50.1 Å². The predicted molar refractivity (Wildman–Crippen MR) is 541 cm³/mol. The molecule has 16 aromatic rings. The Labute approximate surface area is 764 Å². The molecule has 0 saturated heterocycles. The third-order valence-corrected chi connectivity index (χ3v) is 25.8. The Balaban J connectivity index is 1.11. The van der Waals surface area contributed by atoms with Crippen LogP contribution in [0.2, 0.25) is 0 Å². The molecule has 18 rings (SSSR count). The third kappa shape index (κ3) is 15.6. The molecular formula is C119H121BN6. The van der Waals surface area contributed by atoms with Gasteiger partial charge in [-0.2, -0.15) is 0 Å². The molecule has 630 valence electrons. The quantitative estimate of drug-likeness (QED) is 0.121. The Morgan fingerprint density at radius 2 is 0.563 bits per heavy atom. The van der Waals surface area contributed by atoms with Crippen LogP contribution in [0.1, 0.15) is 224 Å². The minimum atomic E-state index is -0.660. The molecule has 4 heterocycles. The first kappa shape index (κ1) is 72.8. The third-order valence-electron chi connectivity index (χ3n) is 25.8. The second-order valence-corrected chi connectivity index (χ2v) is 43.2. The summed E-state index contributed by atoms with van der Waals surface area (Å²) in [6.07, 6.45) is 0. The van der Waals surface area contributed by atoms with Crippen LogP contribution in [0.3, 0.4) is 0 Å². The zero-order chi connectivity index (χ0) is 97.7. The predicted octanol–water partition coefficient (Wildman–Crippen LogP) is 30.8. The fourth-order valence-electron chi connectivity index (χ4n) is 18.2. The first-order valence-corrected chi connectivity index (χ1v) is 44.6. The molecule has 14 aromatic carbocycles. The molecule has 2 aliphatic heterocycles. The fraction of sp³-hybridized carbons (Fsp3) is 0.269. The molecule has 0 unspecified atom stereocenters. The largest absolute Gasteiger partial charge is 0.310 e. The van der Waals surface area contributed by atoms with Crippen LogP contribution in [0.25, 0.3) is 117 Å². The summed E-state index contributed by atoms with van der Waals surface area (Å²) in [5, 5.41) is 2.22. The number of nitrogens with zero attached hydrogens (tertiary/aromatic N) is 6. The molecule has 2 aliphatic rings. The van der Waals surface area contributed by atoms with Gasteiger partial charge in [-0.3, -0.25) is 0 Å². The van der Waals surface area contributed by atoms with Crippen molar-refractivity contribution in [1.29, 1.82) is 0 Å². The fourth-order valence-corrected chi connectivity index (χ4v) is 18.2. The number of rotatable bonds is 11. The maximum Gasteiger partial charge on any atom is 0.252 e. The zero-order valence-electron chi connectivity index (χ0n) is 87.8. The maximum absolute atomic E-state index is 9.80. The Kier molecular flexibility index (Phi) is 17.7. The van der Waals surface area contributed by atoms with Gasteiger partial charge in [-0.25, -0.2) is 15.0 Å². The highest BCUT2D eigenvalue weighted by Gasteiger charge is 2.47. The molecule has 7 heteroatoms. The van der Waals surface area contributed by atoms with Gasteiger partial charge in [0.25, 0.3) is 6.71 Å². The number of fused-ring (bicyclic) bond motifs is 7. The van der Waals surface area contributed by atoms with Gasteiger partial charge in [-0.15, -0.1) is 0 Å². The molecule has 126 heavy (non-hydrogen) atoms. The molecule has 0 atom stereocenters. The van der Waals surface area contributed by atoms with Gasteiger partial charge in [0, 0.05) is 72.6 Å². The van der Waals surface area contributed by atoms with Crippen molar-refractivity contribution >= 4 is 79.0 Å². The van der Waals surface area contributed by atoms with Gasteiger partial charge in [-0.05, 0) is 222 Å². The highest BCUT2D eigenvalue weighted by Crippen LogP contribution is 2.57. The first-order chi connectivity index (χ1) is 63.6. The summed E-state index contributed by atoms with van der Waals surface area (Å²) in [4.78, 5) is 21.1. The van der Waals surface area contributed by atoms with Crippen LogP contribution < -0.4 is 26.2 Å². The minimum absolute atomic E-state index is 0.0789. The van der Waals surface area contributed by atoms with E-state index < -0.39 is 72.6 Å². The molecule has 0 fully saturated rings. The van der Waals surface area contributed by atoms with Crippen LogP contribution in [-0.4, -0.2) is 26.2 Å². The average Bonchev–Trinajstić information content (AvgIpc) is 0.819. The smallest absolute Gasteiger partial charge is 0.252 e. The lowest BCUT2D eigenvalue weighted by Gasteiger charge is -2.46. The second-order valence-electron chi connectivity index (χ2n) is 43.2. The molecule has 0 spiro atoms. The number of anilines is 6. The van der Waals surface area contributed by atoms with Gasteiger partial charge in [-0.1, -0.05) is 384 Å². The Bertz CT molecular complexity index is 7270. The van der Waals surface area contributed by atoms with Crippen LogP contribution in [0.4, 0.5) is 34.1 Å². The molecule has 0 bridgehead atoms. The Morgan fingerprint density at radius 3 is 0.944 bits per heavy atom. The van der Waals surface area contributed by atoms with E-state index in [1.54, 1.807) is 0 Å². The van der Waals surface area contributed by atoms with Crippen LogP contribution in [0, 0.1) is 0 Å². The van der Waals surface area contributed by atoms with E-state index >= 15 is 0 Å². The van der Waals surface area contributed by atoms with E-state index in [4.69, 9.17) is 17.7 Å². The molecule has 6 nitrogen and oxygen atoms in total.